The second kappa shape index (κ2) is 8.53. The van der Waals surface area contributed by atoms with E-state index in [1.165, 1.54) is 11.8 Å². The molecule has 1 aromatic heterocycles. The Morgan fingerprint density at radius 1 is 1.08 bits per heavy atom. The molecule has 3 aromatic rings. The summed E-state index contributed by atoms with van der Waals surface area (Å²) in [5.41, 5.74) is 1.55. The summed E-state index contributed by atoms with van der Waals surface area (Å²) in [7, 11) is 1.62. The lowest BCUT2D eigenvalue weighted by molar-refractivity contribution is 0.102. The molecule has 3 rings (SSSR count). The molecule has 7 heteroatoms. The summed E-state index contributed by atoms with van der Waals surface area (Å²) in [4.78, 5) is 16.7. The van der Waals surface area contributed by atoms with Crippen molar-refractivity contribution in [3.8, 4) is 22.9 Å². The minimum Gasteiger partial charge on any atom is -0.497 e. The van der Waals surface area contributed by atoms with E-state index in [-0.39, 0.29) is 11.5 Å². The first-order valence-electron chi connectivity index (χ1n) is 8.15. The fourth-order valence-corrected chi connectivity index (χ4v) is 3.00. The molecule has 0 unspecified atom stereocenters. The van der Waals surface area contributed by atoms with Crippen LogP contribution in [-0.2, 0) is 0 Å². The third-order valence-electron chi connectivity index (χ3n) is 3.65. The zero-order chi connectivity index (χ0) is 18.4. The van der Waals surface area contributed by atoms with Gasteiger partial charge in [-0.25, -0.2) is 4.98 Å². The summed E-state index contributed by atoms with van der Waals surface area (Å²) in [5.74, 6) is 2.49. The first-order valence-corrected chi connectivity index (χ1v) is 9.14. The molecule has 1 N–H and O–H groups in total. The number of nitrogens with one attached hydrogen (secondary N) is 1. The maximum atomic E-state index is 12.3. The smallest absolute Gasteiger partial charge is 0.209 e. The number of carbonyl (C=O) groups excluding carboxylic acids is 1. The number of rotatable bonds is 8. The van der Waals surface area contributed by atoms with Crippen molar-refractivity contribution in [2.75, 3.05) is 19.5 Å². The predicted molar refractivity (Wildman–Crippen MR) is 101 cm³/mol. The van der Waals surface area contributed by atoms with Crippen LogP contribution in [0.3, 0.4) is 0 Å². The molecule has 0 spiro atoms. The van der Waals surface area contributed by atoms with Crippen LogP contribution in [0.2, 0.25) is 0 Å². The zero-order valence-corrected chi connectivity index (χ0v) is 15.4. The number of aromatic nitrogens is 3. The average Bonchev–Trinajstić information content (AvgIpc) is 3.16. The van der Waals surface area contributed by atoms with Gasteiger partial charge in [-0.05, 0) is 55.5 Å². The fraction of sp³-hybridized carbons (Fsp3) is 0.211. The summed E-state index contributed by atoms with van der Waals surface area (Å²) in [6, 6.07) is 14.7. The molecular weight excluding hydrogens is 350 g/mol. The first kappa shape index (κ1) is 18.0. The molecule has 26 heavy (non-hydrogen) atoms. The lowest BCUT2D eigenvalue weighted by Gasteiger charge is -2.03. The van der Waals surface area contributed by atoms with Crippen molar-refractivity contribution >= 4 is 17.5 Å². The molecule has 0 bridgehead atoms. The summed E-state index contributed by atoms with van der Waals surface area (Å²) in [6.07, 6.45) is 0. The summed E-state index contributed by atoms with van der Waals surface area (Å²) in [6.45, 7) is 2.53. The highest BCUT2D eigenvalue weighted by Crippen LogP contribution is 2.22. The maximum Gasteiger partial charge on any atom is 0.209 e. The Labute approximate surface area is 155 Å². The topological polar surface area (TPSA) is 77.1 Å². The molecule has 0 aliphatic carbocycles. The van der Waals surface area contributed by atoms with Gasteiger partial charge in [-0.2, -0.15) is 0 Å². The van der Waals surface area contributed by atoms with Gasteiger partial charge in [0.05, 0.1) is 19.5 Å². The van der Waals surface area contributed by atoms with Crippen LogP contribution in [0.5, 0.6) is 11.5 Å². The maximum absolute atomic E-state index is 12.3. The third kappa shape index (κ3) is 4.43. The Balaban J connectivity index is 1.59. The van der Waals surface area contributed by atoms with E-state index in [0.29, 0.717) is 23.2 Å². The van der Waals surface area contributed by atoms with Crippen LogP contribution < -0.4 is 9.47 Å². The van der Waals surface area contributed by atoms with Gasteiger partial charge >= 0.3 is 0 Å². The van der Waals surface area contributed by atoms with Crippen molar-refractivity contribution < 1.29 is 14.3 Å². The third-order valence-corrected chi connectivity index (χ3v) is 4.50. The van der Waals surface area contributed by atoms with Crippen LogP contribution >= 0.6 is 11.8 Å². The van der Waals surface area contributed by atoms with Crippen molar-refractivity contribution in [2.45, 2.75) is 12.1 Å². The van der Waals surface area contributed by atoms with Gasteiger partial charge in [0, 0.05) is 11.1 Å². The van der Waals surface area contributed by atoms with E-state index in [1.54, 1.807) is 31.4 Å². The number of thioether (sulfide) groups is 1. The van der Waals surface area contributed by atoms with Gasteiger partial charge in [0.15, 0.2) is 11.6 Å². The van der Waals surface area contributed by atoms with Crippen LogP contribution in [0, 0.1) is 0 Å². The molecule has 134 valence electrons. The van der Waals surface area contributed by atoms with Crippen molar-refractivity contribution in [3.05, 3.63) is 54.1 Å². The van der Waals surface area contributed by atoms with E-state index in [2.05, 4.69) is 15.2 Å². The Bertz CT molecular complexity index is 860. The number of nitrogens with zero attached hydrogens (tertiary/aromatic N) is 2. The molecule has 0 saturated carbocycles. The lowest BCUT2D eigenvalue weighted by atomic mass is 10.1. The number of ether oxygens (including phenoxy) is 2. The monoisotopic (exact) mass is 369 g/mol. The van der Waals surface area contributed by atoms with Crippen LogP contribution in [0.15, 0.2) is 53.7 Å². The van der Waals surface area contributed by atoms with Crippen LogP contribution in [0.1, 0.15) is 17.3 Å². The van der Waals surface area contributed by atoms with Crippen molar-refractivity contribution in [2.24, 2.45) is 0 Å². The Hall–Kier alpha value is -2.80. The second-order valence-corrected chi connectivity index (χ2v) is 6.31. The number of hydrogen-bond acceptors (Lipinski definition) is 6. The second-order valence-electron chi connectivity index (χ2n) is 5.36. The van der Waals surface area contributed by atoms with E-state index in [0.717, 1.165) is 17.1 Å². The highest BCUT2D eigenvalue weighted by molar-refractivity contribution is 7.99. The van der Waals surface area contributed by atoms with Crippen LogP contribution in [0.25, 0.3) is 11.4 Å². The molecule has 0 amide bonds. The number of methoxy groups -OCH3 is 1. The van der Waals surface area contributed by atoms with Gasteiger partial charge in [-0.15, -0.1) is 5.10 Å². The van der Waals surface area contributed by atoms with Gasteiger partial charge in [0.1, 0.15) is 11.5 Å². The fourth-order valence-electron chi connectivity index (χ4n) is 2.31. The number of benzene rings is 2. The quantitative estimate of drug-likeness (QED) is 0.480. The molecule has 0 atom stereocenters. The van der Waals surface area contributed by atoms with Gasteiger partial charge in [0.2, 0.25) is 5.16 Å². The summed E-state index contributed by atoms with van der Waals surface area (Å²) < 4.78 is 10.5. The normalized spacial score (nSPS) is 10.5. The number of ketones is 1. The molecule has 0 saturated heterocycles. The SMILES string of the molecule is CCOc1ccc(C(=O)CSc2n[nH]c(-c3ccc(OC)cc3)n2)cc1. The molecule has 0 fully saturated rings. The minimum absolute atomic E-state index is 0.0221. The summed E-state index contributed by atoms with van der Waals surface area (Å²) >= 11 is 1.30. The predicted octanol–water partition coefficient (Wildman–Crippen LogP) is 3.85. The molecule has 0 radical (unpaired) electrons. The average molecular weight is 369 g/mol. The number of carbonyl (C=O) groups is 1. The van der Waals surface area contributed by atoms with Gasteiger partial charge in [-0.3, -0.25) is 9.89 Å². The van der Waals surface area contributed by atoms with Crippen molar-refractivity contribution in [3.63, 3.8) is 0 Å². The Kier molecular flexibility index (Phi) is 5.91. The van der Waals surface area contributed by atoms with Gasteiger partial charge < -0.3 is 9.47 Å². The summed E-state index contributed by atoms with van der Waals surface area (Å²) in [5, 5.41) is 7.59. The van der Waals surface area contributed by atoms with Crippen LogP contribution in [-0.4, -0.2) is 40.4 Å². The number of H-pyrrole nitrogens is 1. The standard InChI is InChI=1S/C19H19N3O3S/c1-3-25-16-10-4-13(5-11-16)17(23)12-26-19-20-18(21-22-19)14-6-8-15(24-2)9-7-14/h4-11H,3,12H2,1-2H3,(H,20,21,22). The molecular formula is C19H19N3O3S. The Morgan fingerprint density at radius 2 is 1.77 bits per heavy atom. The Morgan fingerprint density at radius 3 is 2.42 bits per heavy atom. The minimum atomic E-state index is 0.0221. The molecule has 6 nitrogen and oxygen atoms in total. The van der Waals surface area contributed by atoms with Crippen LogP contribution in [0.4, 0.5) is 0 Å². The highest BCUT2D eigenvalue weighted by atomic mass is 32.2. The largest absolute Gasteiger partial charge is 0.497 e. The highest BCUT2D eigenvalue weighted by Gasteiger charge is 2.11. The molecule has 0 aliphatic rings. The zero-order valence-electron chi connectivity index (χ0n) is 14.6. The number of aromatic amines is 1. The molecule has 0 aliphatic heterocycles. The van der Waals surface area contributed by atoms with E-state index < -0.39 is 0 Å². The van der Waals surface area contributed by atoms with Crippen molar-refractivity contribution in [1.82, 2.24) is 15.2 Å². The van der Waals surface area contributed by atoms with E-state index >= 15 is 0 Å². The molecule has 2 aromatic carbocycles. The van der Waals surface area contributed by atoms with E-state index in [4.69, 9.17) is 9.47 Å². The van der Waals surface area contributed by atoms with Gasteiger partial charge in [0.25, 0.3) is 0 Å². The van der Waals surface area contributed by atoms with Gasteiger partial charge in [-0.1, -0.05) is 11.8 Å². The van der Waals surface area contributed by atoms with Crippen molar-refractivity contribution in [1.29, 1.82) is 0 Å². The van der Waals surface area contributed by atoms with E-state index in [9.17, 15) is 4.79 Å². The molecule has 1 heterocycles. The van der Waals surface area contributed by atoms with E-state index in [1.807, 2.05) is 31.2 Å². The first-order chi connectivity index (χ1) is 12.7. The number of Topliss-reactive ketones (excluding diaryl/α,β-unsaturated/α-hetero) is 1. The number of hydrogen-bond donors (Lipinski definition) is 1. The lowest BCUT2D eigenvalue weighted by Crippen LogP contribution is -2.02.